The molecule has 0 fully saturated rings. The van der Waals surface area contributed by atoms with Gasteiger partial charge in [-0.1, -0.05) is 18.2 Å². The van der Waals surface area contributed by atoms with Crippen LogP contribution in [0.5, 0.6) is 0 Å². The second-order valence-corrected chi connectivity index (χ2v) is 7.14. The monoisotopic (exact) mass is 304 g/mol. The van der Waals surface area contributed by atoms with E-state index >= 15 is 0 Å². The molecule has 5 heteroatoms. The van der Waals surface area contributed by atoms with Gasteiger partial charge >= 0.3 is 0 Å². The molecule has 2 N–H and O–H groups in total. The molecule has 0 radical (unpaired) electrons. The number of hydrogen-bond acceptors (Lipinski definition) is 3. The van der Waals surface area contributed by atoms with Gasteiger partial charge in [-0.3, -0.25) is 4.31 Å². The first-order valence-corrected chi connectivity index (χ1v) is 8.15. The van der Waals surface area contributed by atoms with Gasteiger partial charge < -0.3 is 5.73 Å². The molecule has 2 rings (SSSR count). The highest BCUT2D eigenvalue weighted by atomic mass is 32.2. The van der Waals surface area contributed by atoms with Crippen molar-refractivity contribution in [3.8, 4) is 0 Å². The second kappa shape index (κ2) is 5.87. The normalized spacial score (nSPS) is 11.4. The van der Waals surface area contributed by atoms with Crippen molar-refractivity contribution < 1.29 is 8.42 Å². The van der Waals surface area contributed by atoms with Crippen molar-refractivity contribution in [1.82, 2.24) is 0 Å². The molecule has 0 aliphatic rings. The van der Waals surface area contributed by atoms with Crippen LogP contribution >= 0.6 is 0 Å². The SMILES string of the molecule is Cc1cc(C)cc(N(C)S(=O)(=O)c2ccc(CN)cc2)c1. The first kappa shape index (κ1) is 15.5. The molecule has 0 aromatic heterocycles. The molecular weight excluding hydrogens is 284 g/mol. The molecule has 0 aliphatic carbocycles. The van der Waals surface area contributed by atoms with E-state index in [1.165, 1.54) is 4.31 Å². The van der Waals surface area contributed by atoms with Crippen molar-refractivity contribution in [3.63, 3.8) is 0 Å². The summed E-state index contributed by atoms with van der Waals surface area (Å²) >= 11 is 0. The van der Waals surface area contributed by atoms with Crippen molar-refractivity contribution in [2.45, 2.75) is 25.3 Å². The lowest BCUT2D eigenvalue weighted by molar-refractivity contribution is 0.594. The lowest BCUT2D eigenvalue weighted by atomic mass is 10.1. The number of benzene rings is 2. The van der Waals surface area contributed by atoms with Crippen LogP contribution in [-0.4, -0.2) is 15.5 Å². The topological polar surface area (TPSA) is 63.4 Å². The maximum atomic E-state index is 12.6. The fourth-order valence-electron chi connectivity index (χ4n) is 2.23. The summed E-state index contributed by atoms with van der Waals surface area (Å²) in [5.41, 5.74) is 9.17. The molecule has 2 aromatic carbocycles. The van der Waals surface area contributed by atoms with Gasteiger partial charge in [-0.15, -0.1) is 0 Å². The van der Waals surface area contributed by atoms with Crippen LogP contribution in [0.4, 0.5) is 5.69 Å². The van der Waals surface area contributed by atoms with Crippen LogP contribution in [0, 0.1) is 13.8 Å². The number of rotatable bonds is 4. The van der Waals surface area contributed by atoms with Crippen LogP contribution in [0.1, 0.15) is 16.7 Å². The molecular formula is C16H20N2O2S. The Labute approximate surface area is 126 Å². The van der Waals surface area contributed by atoms with Crippen LogP contribution in [0.15, 0.2) is 47.4 Å². The number of nitrogens with zero attached hydrogens (tertiary/aromatic N) is 1. The summed E-state index contributed by atoms with van der Waals surface area (Å²) in [5.74, 6) is 0. The Morgan fingerprint density at radius 1 is 1.00 bits per heavy atom. The van der Waals surface area contributed by atoms with E-state index in [4.69, 9.17) is 5.73 Å². The molecule has 0 aliphatic heterocycles. The van der Waals surface area contributed by atoms with Gasteiger partial charge in [0.05, 0.1) is 10.6 Å². The molecule has 0 saturated carbocycles. The number of anilines is 1. The molecule has 0 heterocycles. The van der Waals surface area contributed by atoms with Gasteiger partial charge in [-0.05, 0) is 54.8 Å². The third-order valence-corrected chi connectivity index (χ3v) is 5.19. The van der Waals surface area contributed by atoms with E-state index in [0.29, 0.717) is 12.2 Å². The summed E-state index contributed by atoms with van der Waals surface area (Å²) in [6.45, 7) is 4.30. The van der Waals surface area contributed by atoms with Gasteiger partial charge in [0, 0.05) is 13.6 Å². The largest absolute Gasteiger partial charge is 0.326 e. The fourth-order valence-corrected chi connectivity index (χ4v) is 3.41. The Kier molecular flexibility index (Phi) is 4.34. The maximum Gasteiger partial charge on any atom is 0.264 e. The zero-order valence-corrected chi connectivity index (χ0v) is 13.3. The van der Waals surface area contributed by atoms with E-state index in [1.54, 1.807) is 31.3 Å². The minimum Gasteiger partial charge on any atom is -0.326 e. The van der Waals surface area contributed by atoms with E-state index < -0.39 is 10.0 Å². The van der Waals surface area contributed by atoms with Gasteiger partial charge in [-0.25, -0.2) is 8.42 Å². The highest BCUT2D eigenvalue weighted by molar-refractivity contribution is 7.92. The maximum absolute atomic E-state index is 12.6. The quantitative estimate of drug-likeness (QED) is 0.944. The highest BCUT2D eigenvalue weighted by Crippen LogP contribution is 2.24. The van der Waals surface area contributed by atoms with Crippen molar-refractivity contribution in [3.05, 3.63) is 59.2 Å². The molecule has 2 aromatic rings. The highest BCUT2D eigenvalue weighted by Gasteiger charge is 2.21. The number of sulfonamides is 1. The van der Waals surface area contributed by atoms with E-state index in [2.05, 4.69) is 0 Å². The Bertz CT molecular complexity index is 717. The van der Waals surface area contributed by atoms with Gasteiger partial charge in [0.15, 0.2) is 0 Å². The van der Waals surface area contributed by atoms with E-state index in [-0.39, 0.29) is 4.90 Å². The van der Waals surface area contributed by atoms with Crippen molar-refractivity contribution in [2.24, 2.45) is 5.73 Å². The number of hydrogen-bond donors (Lipinski definition) is 1. The lowest BCUT2D eigenvalue weighted by Crippen LogP contribution is -2.26. The van der Waals surface area contributed by atoms with Crippen LogP contribution < -0.4 is 10.0 Å². The molecule has 0 atom stereocenters. The first-order valence-electron chi connectivity index (χ1n) is 6.71. The van der Waals surface area contributed by atoms with E-state index in [9.17, 15) is 8.42 Å². The summed E-state index contributed by atoms with van der Waals surface area (Å²) in [6.07, 6.45) is 0. The number of aryl methyl sites for hydroxylation is 2. The van der Waals surface area contributed by atoms with E-state index in [1.807, 2.05) is 32.0 Å². The standard InChI is InChI=1S/C16H20N2O2S/c1-12-8-13(2)10-15(9-12)18(3)21(19,20)16-6-4-14(11-17)5-7-16/h4-10H,11,17H2,1-3H3. The minimum atomic E-state index is -3.56. The predicted molar refractivity (Wildman–Crippen MR) is 85.8 cm³/mol. The molecule has 0 unspecified atom stereocenters. The molecule has 0 amide bonds. The second-order valence-electron chi connectivity index (χ2n) is 5.17. The molecule has 0 spiro atoms. The third-order valence-electron chi connectivity index (χ3n) is 3.39. The summed E-state index contributed by atoms with van der Waals surface area (Å²) in [5, 5.41) is 0. The summed E-state index contributed by atoms with van der Waals surface area (Å²) in [7, 11) is -1.99. The molecule has 4 nitrogen and oxygen atoms in total. The van der Waals surface area contributed by atoms with Gasteiger partial charge in [0.1, 0.15) is 0 Å². The average molecular weight is 304 g/mol. The van der Waals surface area contributed by atoms with Crippen molar-refractivity contribution >= 4 is 15.7 Å². The zero-order chi connectivity index (χ0) is 15.6. The molecule has 0 bridgehead atoms. The van der Waals surface area contributed by atoms with E-state index in [0.717, 1.165) is 16.7 Å². The smallest absolute Gasteiger partial charge is 0.264 e. The summed E-state index contributed by atoms with van der Waals surface area (Å²) in [4.78, 5) is 0.265. The molecule has 112 valence electrons. The lowest BCUT2D eigenvalue weighted by Gasteiger charge is -2.20. The first-order chi connectivity index (χ1) is 9.84. The van der Waals surface area contributed by atoms with Gasteiger partial charge in [-0.2, -0.15) is 0 Å². The number of nitrogens with two attached hydrogens (primary N) is 1. The Balaban J connectivity index is 2.41. The minimum absolute atomic E-state index is 0.265. The summed E-state index contributed by atoms with van der Waals surface area (Å²) < 4.78 is 26.6. The molecule has 0 saturated heterocycles. The Morgan fingerprint density at radius 3 is 2.00 bits per heavy atom. The average Bonchev–Trinajstić information content (AvgIpc) is 2.45. The predicted octanol–water partition coefficient (Wildman–Crippen LogP) is 2.59. The zero-order valence-electron chi connectivity index (χ0n) is 12.5. The third kappa shape index (κ3) is 3.25. The summed E-state index contributed by atoms with van der Waals surface area (Å²) in [6, 6.07) is 12.4. The van der Waals surface area contributed by atoms with Gasteiger partial charge in [0.2, 0.25) is 0 Å². The van der Waals surface area contributed by atoms with Crippen LogP contribution in [0.25, 0.3) is 0 Å². The van der Waals surface area contributed by atoms with Crippen LogP contribution in [-0.2, 0) is 16.6 Å². The van der Waals surface area contributed by atoms with Crippen molar-refractivity contribution in [2.75, 3.05) is 11.4 Å². The Morgan fingerprint density at radius 2 is 1.52 bits per heavy atom. The van der Waals surface area contributed by atoms with Crippen molar-refractivity contribution in [1.29, 1.82) is 0 Å². The molecule has 21 heavy (non-hydrogen) atoms. The van der Waals surface area contributed by atoms with Crippen LogP contribution in [0.3, 0.4) is 0 Å². The Hall–Kier alpha value is -1.85. The fraction of sp³-hybridized carbons (Fsp3) is 0.250. The van der Waals surface area contributed by atoms with Crippen LogP contribution in [0.2, 0.25) is 0 Å². The van der Waals surface area contributed by atoms with Gasteiger partial charge in [0.25, 0.3) is 10.0 Å².